The predicted molar refractivity (Wildman–Crippen MR) is 76.7 cm³/mol. The van der Waals surface area contributed by atoms with Crippen molar-refractivity contribution in [3.8, 4) is 6.07 Å². The van der Waals surface area contributed by atoms with E-state index < -0.39 is 0 Å². The van der Waals surface area contributed by atoms with Gasteiger partial charge in [0.25, 0.3) is 5.91 Å². The lowest BCUT2D eigenvalue weighted by Crippen LogP contribution is -2.30. The Balaban J connectivity index is 1.71. The van der Waals surface area contributed by atoms with Gasteiger partial charge in [-0.1, -0.05) is 0 Å². The maximum Gasteiger partial charge on any atom is 0.277 e. The number of nitrogens with zero attached hydrogens (tertiary/aromatic N) is 5. The SMILES string of the molecule is N#CCN1CCc2nc(NC(=O)c3cnccn3)sc2C1. The second-order valence-corrected chi connectivity index (χ2v) is 5.64. The average molecular weight is 300 g/mol. The summed E-state index contributed by atoms with van der Waals surface area (Å²) in [6.45, 7) is 1.95. The lowest BCUT2D eigenvalue weighted by molar-refractivity contribution is 0.102. The first-order chi connectivity index (χ1) is 10.3. The molecule has 0 radical (unpaired) electrons. The van der Waals surface area contributed by atoms with Crippen molar-refractivity contribution in [2.75, 3.05) is 18.4 Å². The van der Waals surface area contributed by atoms with Gasteiger partial charge in [0, 0.05) is 36.8 Å². The van der Waals surface area contributed by atoms with Gasteiger partial charge in [0.1, 0.15) is 5.69 Å². The molecule has 0 saturated heterocycles. The highest BCUT2D eigenvalue weighted by Gasteiger charge is 2.21. The minimum absolute atomic E-state index is 0.261. The number of carbonyl (C=O) groups is 1. The number of rotatable bonds is 3. The van der Waals surface area contributed by atoms with Crippen LogP contribution in [-0.2, 0) is 13.0 Å². The molecule has 106 valence electrons. The van der Waals surface area contributed by atoms with Crippen LogP contribution < -0.4 is 5.32 Å². The zero-order chi connectivity index (χ0) is 14.7. The van der Waals surface area contributed by atoms with Crippen molar-refractivity contribution in [3.05, 3.63) is 34.9 Å². The third kappa shape index (κ3) is 3.04. The number of anilines is 1. The molecule has 1 N–H and O–H groups in total. The molecule has 21 heavy (non-hydrogen) atoms. The topological polar surface area (TPSA) is 94.8 Å². The number of nitriles is 1. The average Bonchev–Trinajstić information content (AvgIpc) is 2.90. The maximum absolute atomic E-state index is 12.0. The van der Waals surface area contributed by atoms with Gasteiger partial charge in [0.05, 0.1) is 24.5 Å². The Hall–Kier alpha value is -2.37. The van der Waals surface area contributed by atoms with E-state index in [1.54, 1.807) is 0 Å². The van der Waals surface area contributed by atoms with Crippen LogP contribution in [0.3, 0.4) is 0 Å². The van der Waals surface area contributed by atoms with Crippen LogP contribution in [0.5, 0.6) is 0 Å². The lowest BCUT2D eigenvalue weighted by atomic mass is 10.2. The number of fused-ring (bicyclic) bond motifs is 1. The summed E-state index contributed by atoms with van der Waals surface area (Å²) in [5.74, 6) is -0.317. The van der Waals surface area contributed by atoms with Crippen LogP contribution in [0.1, 0.15) is 21.1 Å². The van der Waals surface area contributed by atoms with Crippen molar-refractivity contribution >= 4 is 22.4 Å². The van der Waals surface area contributed by atoms with E-state index in [0.717, 1.165) is 23.5 Å². The summed E-state index contributed by atoms with van der Waals surface area (Å²) in [6.07, 6.45) is 5.20. The zero-order valence-electron chi connectivity index (χ0n) is 11.1. The molecule has 1 aliphatic rings. The number of aromatic nitrogens is 3. The van der Waals surface area contributed by atoms with Crippen LogP contribution in [0.4, 0.5) is 5.13 Å². The van der Waals surface area contributed by atoms with Crippen LogP contribution >= 0.6 is 11.3 Å². The quantitative estimate of drug-likeness (QED) is 0.852. The fourth-order valence-electron chi connectivity index (χ4n) is 2.11. The molecule has 8 heteroatoms. The molecule has 0 saturated carbocycles. The molecule has 1 amide bonds. The summed E-state index contributed by atoms with van der Waals surface area (Å²) in [4.78, 5) is 27.4. The molecule has 2 aromatic rings. The molecule has 1 aliphatic heterocycles. The molecule has 0 aromatic carbocycles. The van der Waals surface area contributed by atoms with Crippen molar-refractivity contribution in [2.45, 2.75) is 13.0 Å². The van der Waals surface area contributed by atoms with Crippen LogP contribution in [0.2, 0.25) is 0 Å². The van der Waals surface area contributed by atoms with Gasteiger partial charge in [-0.25, -0.2) is 9.97 Å². The fourth-order valence-corrected chi connectivity index (χ4v) is 3.16. The summed E-state index contributed by atoms with van der Waals surface area (Å²) in [7, 11) is 0. The number of amides is 1. The number of nitrogens with one attached hydrogen (secondary N) is 1. The van der Waals surface area contributed by atoms with E-state index in [9.17, 15) is 4.79 Å². The first-order valence-corrected chi connectivity index (χ1v) is 7.23. The Bertz CT molecular complexity index is 692. The molecule has 0 unspecified atom stereocenters. The van der Waals surface area contributed by atoms with Crippen LogP contribution in [0, 0.1) is 11.3 Å². The Morgan fingerprint density at radius 1 is 1.52 bits per heavy atom. The van der Waals surface area contributed by atoms with Crippen molar-refractivity contribution in [3.63, 3.8) is 0 Å². The van der Waals surface area contributed by atoms with E-state index in [4.69, 9.17) is 5.26 Å². The maximum atomic E-state index is 12.0. The summed E-state index contributed by atoms with van der Waals surface area (Å²) >= 11 is 1.45. The Morgan fingerprint density at radius 2 is 2.43 bits per heavy atom. The molecular formula is C13H12N6OS. The van der Waals surface area contributed by atoms with Crippen LogP contribution in [-0.4, -0.2) is 38.8 Å². The van der Waals surface area contributed by atoms with E-state index >= 15 is 0 Å². The summed E-state index contributed by atoms with van der Waals surface area (Å²) in [5, 5.41) is 12.1. The molecular weight excluding hydrogens is 288 g/mol. The van der Waals surface area contributed by atoms with Crippen molar-refractivity contribution in [1.29, 1.82) is 5.26 Å². The highest BCUT2D eigenvalue weighted by Crippen LogP contribution is 2.28. The molecule has 3 heterocycles. The fraction of sp³-hybridized carbons (Fsp3) is 0.308. The third-order valence-electron chi connectivity index (χ3n) is 3.12. The van der Waals surface area contributed by atoms with Gasteiger partial charge in [0.2, 0.25) is 0 Å². The molecule has 7 nitrogen and oxygen atoms in total. The highest BCUT2D eigenvalue weighted by atomic mass is 32.1. The standard InChI is InChI=1S/C13H12N6OS/c14-2-6-19-5-1-9-11(8-19)21-13(17-9)18-12(20)10-7-15-3-4-16-10/h3-4,7H,1,5-6,8H2,(H,17,18,20). The summed E-state index contributed by atoms with van der Waals surface area (Å²) in [5.41, 5.74) is 1.26. The van der Waals surface area contributed by atoms with E-state index in [1.165, 1.54) is 29.9 Å². The Kier molecular flexibility index (Phi) is 3.85. The van der Waals surface area contributed by atoms with Gasteiger partial charge in [-0.3, -0.25) is 20.0 Å². The smallest absolute Gasteiger partial charge is 0.277 e. The molecule has 0 aliphatic carbocycles. The monoisotopic (exact) mass is 300 g/mol. The summed E-state index contributed by atoms with van der Waals surface area (Å²) < 4.78 is 0. The van der Waals surface area contributed by atoms with Gasteiger partial charge < -0.3 is 0 Å². The van der Waals surface area contributed by atoms with E-state index in [0.29, 0.717) is 18.2 Å². The van der Waals surface area contributed by atoms with Gasteiger partial charge >= 0.3 is 0 Å². The van der Waals surface area contributed by atoms with Gasteiger partial charge in [-0.05, 0) is 0 Å². The van der Waals surface area contributed by atoms with Crippen LogP contribution in [0.15, 0.2) is 18.6 Å². The van der Waals surface area contributed by atoms with Crippen molar-refractivity contribution < 1.29 is 4.79 Å². The Labute approximate surface area is 125 Å². The molecule has 0 fully saturated rings. The van der Waals surface area contributed by atoms with Crippen molar-refractivity contribution in [2.24, 2.45) is 0 Å². The zero-order valence-corrected chi connectivity index (χ0v) is 11.9. The largest absolute Gasteiger partial charge is 0.296 e. The minimum atomic E-state index is -0.317. The van der Waals surface area contributed by atoms with E-state index in [2.05, 4.69) is 31.2 Å². The molecule has 0 atom stereocenters. The number of hydrogen-bond donors (Lipinski definition) is 1. The third-order valence-corrected chi connectivity index (χ3v) is 4.12. The van der Waals surface area contributed by atoms with E-state index in [-0.39, 0.29) is 11.6 Å². The normalized spacial score (nSPS) is 14.2. The first kappa shape index (κ1) is 13.6. The highest BCUT2D eigenvalue weighted by molar-refractivity contribution is 7.15. The number of thiazole rings is 1. The number of hydrogen-bond acceptors (Lipinski definition) is 7. The second kappa shape index (κ2) is 5.95. The number of carbonyl (C=O) groups excluding carboxylic acids is 1. The van der Waals surface area contributed by atoms with Crippen LogP contribution in [0.25, 0.3) is 0 Å². The molecule has 0 bridgehead atoms. The minimum Gasteiger partial charge on any atom is -0.296 e. The second-order valence-electron chi connectivity index (χ2n) is 4.55. The van der Waals surface area contributed by atoms with E-state index in [1.807, 2.05) is 0 Å². The van der Waals surface area contributed by atoms with Crippen molar-refractivity contribution in [1.82, 2.24) is 19.9 Å². The molecule has 0 spiro atoms. The summed E-state index contributed by atoms with van der Waals surface area (Å²) in [6, 6.07) is 2.15. The predicted octanol–water partition coefficient (Wildman–Crippen LogP) is 1.07. The molecule has 3 rings (SSSR count). The first-order valence-electron chi connectivity index (χ1n) is 6.41. The van der Waals surface area contributed by atoms with Gasteiger partial charge in [-0.15, -0.1) is 11.3 Å². The molecule has 2 aromatic heterocycles. The van der Waals surface area contributed by atoms with Gasteiger partial charge in [0.15, 0.2) is 5.13 Å². The lowest BCUT2D eigenvalue weighted by Gasteiger charge is -2.22. The van der Waals surface area contributed by atoms with Gasteiger partial charge in [-0.2, -0.15) is 5.26 Å². The Morgan fingerprint density at radius 3 is 3.19 bits per heavy atom.